The summed E-state index contributed by atoms with van der Waals surface area (Å²) in [5.74, 6) is 0.719. The molecule has 0 spiro atoms. The van der Waals surface area contributed by atoms with Crippen LogP contribution in [-0.4, -0.2) is 55.0 Å². The monoisotopic (exact) mass is 275 g/mol. The van der Waals surface area contributed by atoms with E-state index >= 15 is 0 Å². The number of benzene rings is 1. The van der Waals surface area contributed by atoms with Gasteiger partial charge in [0.15, 0.2) is 0 Å². The van der Waals surface area contributed by atoms with Gasteiger partial charge in [0, 0.05) is 37.4 Å². The van der Waals surface area contributed by atoms with Gasteiger partial charge in [-0.2, -0.15) is 0 Å². The number of carbonyl (C=O) groups excluding carboxylic acids is 1. The zero-order valence-corrected chi connectivity index (χ0v) is 11.8. The number of nitrogens with two attached hydrogens (primary N) is 1. The van der Waals surface area contributed by atoms with Gasteiger partial charge < -0.3 is 15.4 Å². The zero-order valence-electron chi connectivity index (χ0n) is 11.8. The minimum atomic E-state index is 0.0386. The number of nitrogen functional groups attached to an aromatic ring is 1. The summed E-state index contributed by atoms with van der Waals surface area (Å²) in [4.78, 5) is 17.0. The molecular formula is C15H21N3O2. The fourth-order valence-corrected chi connectivity index (χ4v) is 3.21. The third kappa shape index (κ3) is 2.33. The minimum absolute atomic E-state index is 0.0386. The van der Waals surface area contributed by atoms with Crippen LogP contribution < -0.4 is 10.5 Å². The van der Waals surface area contributed by atoms with Crippen molar-refractivity contribution >= 4 is 11.6 Å². The van der Waals surface area contributed by atoms with Gasteiger partial charge in [0.05, 0.1) is 12.7 Å². The Kier molecular flexibility index (Phi) is 3.53. The first-order chi connectivity index (χ1) is 9.69. The molecule has 1 amide bonds. The number of hydrogen-bond acceptors (Lipinski definition) is 4. The number of nitrogens with zero attached hydrogens (tertiary/aromatic N) is 2. The van der Waals surface area contributed by atoms with Gasteiger partial charge in [0.2, 0.25) is 0 Å². The molecule has 1 atom stereocenters. The average molecular weight is 275 g/mol. The first-order valence-electron chi connectivity index (χ1n) is 7.16. The molecular weight excluding hydrogens is 254 g/mol. The number of piperazine rings is 1. The van der Waals surface area contributed by atoms with Crippen LogP contribution in [-0.2, 0) is 0 Å². The van der Waals surface area contributed by atoms with Gasteiger partial charge in [-0.1, -0.05) is 0 Å². The predicted octanol–water partition coefficient (Wildman–Crippen LogP) is 1.20. The van der Waals surface area contributed by atoms with Crippen LogP contribution in [0.25, 0.3) is 0 Å². The third-order valence-electron chi connectivity index (χ3n) is 4.36. The van der Waals surface area contributed by atoms with Crippen molar-refractivity contribution in [3.8, 4) is 5.75 Å². The van der Waals surface area contributed by atoms with Crippen LogP contribution in [0.5, 0.6) is 5.75 Å². The van der Waals surface area contributed by atoms with E-state index in [4.69, 9.17) is 10.5 Å². The molecule has 2 N–H and O–H groups in total. The van der Waals surface area contributed by atoms with Gasteiger partial charge in [-0.25, -0.2) is 0 Å². The molecule has 3 rings (SSSR count). The molecule has 5 nitrogen and oxygen atoms in total. The highest BCUT2D eigenvalue weighted by molar-refractivity contribution is 5.99. The topological polar surface area (TPSA) is 58.8 Å². The highest BCUT2D eigenvalue weighted by atomic mass is 16.5. The summed E-state index contributed by atoms with van der Waals surface area (Å²) in [5, 5.41) is 0. The molecule has 1 aromatic rings. The Bertz CT molecular complexity index is 518. The Morgan fingerprint density at radius 1 is 1.35 bits per heavy atom. The van der Waals surface area contributed by atoms with Crippen molar-refractivity contribution in [2.75, 3.05) is 39.0 Å². The molecule has 20 heavy (non-hydrogen) atoms. The molecule has 2 saturated heterocycles. The lowest BCUT2D eigenvalue weighted by atomic mass is 10.1. The Morgan fingerprint density at radius 2 is 2.20 bits per heavy atom. The number of anilines is 1. The number of fused-ring (bicyclic) bond motifs is 1. The molecule has 2 aliphatic rings. The second kappa shape index (κ2) is 5.32. The SMILES string of the molecule is COc1ccc(C(=O)N2CCN3CCCC3C2)c(N)c1. The van der Waals surface area contributed by atoms with E-state index in [0.717, 1.165) is 19.6 Å². The van der Waals surface area contributed by atoms with E-state index in [-0.39, 0.29) is 5.91 Å². The number of rotatable bonds is 2. The minimum Gasteiger partial charge on any atom is -0.497 e. The van der Waals surface area contributed by atoms with Gasteiger partial charge >= 0.3 is 0 Å². The maximum absolute atomic E-state index is 12.6. The maximum Gasteiger partial charge on any atom is 0.256 e. The highest BCUT2D eigenvalue weighted by Gasteiger charge is 2.33. The van der Waals surface area contributed by atoms with Crippen molar-refractivity contribution in [2.24, 2.45) is 0 Å². The maximum atomic E-state index is 12.6. The van der Waals surface area contributed by atoms with Crippen LogP contribution >= 0.6 is 0 Å². The largest absolute Gasteiger partial charge is 0.497 e. The molecule has 2 aliphatic heterocycles. The summed E-state index contributed by atoms with van der Waals surface area (Å²) in [6.07, 6.45) is 2.44. The molecule has 0 saturated carbocycles. The van der Waals surface area contributed by atoms with E-state index in [9.17, 15) is 4.79 Å². The second-order valence-corrected chi connectivity index (χ2v) is 5.54. The van der Waals surface area contributed by atoms with E-state index in [0.29, 0.717) is 23.0 Å². The van der Waals surface area contributed by atoms with Gasteiger partial charge in [-0.3, -0.25) is 9.69 Å². The standard InChI is InChI=1S/C15H21N3O2/c1-20-12-4-5-13(14(16)9-12)15(19)18-8-7-17-6-2-3-11(17)10-18/h4-5,9,11H,2-3,6-8,10,16H2,1H3. The zero-order chi connectivity index (χ0) is 14.1. The van der Waals surface area contributed by atoms with Crippen molar-refractivity contribution in [3.63, 3.8) is 0 Å². The molecule has 0 radical (unpaired) electrons. The molecule has 2 heterocycles. The van der Waals surface area contributed by atoms with Crippen LogP contribution in [0.4, 0.5) is 5.69 Å². The summed E-state index contributed by atoms with van der Waals surface area (Å²) < 4.78 is 5.12. The Morgan fingerprint density at radius 3 is 2.95 bits per heavy atom. The first-order valence-corrected chi connectivity index (χ1v) is 7.16. The Hall–Kier alpha value is -1.75. The molecule has 0 aliphatic carbocycles. The van der Waals surface area contributed by atoms with E-state index in [1.807, 2.05) is 4.90 Å². The quantitative estimate of drug-likeness (QED) is 0.824. The van der Waals surface area contributed by atoms with Crippen molar-refractivity contribution in [1.82, 2.24) is 9.80 Å². The van der Waals surface area contributed by atoms with Gasteiger partial charge in [0.25, 0.3) is 5.91 Å². The summed E-state index contributed by atoms with van der Waals surface area (Å²) in [6, 6.07) is 5.79. The van der Waals surface area contributed by atoms with Crippen molar-refractivity contribution in [2.45, 2.75) is 18.9 Å². The van der Waals surface area contributed by atoms with Gasteiger partial charge in [0.1, 0.15) is 5.75 Å². The predicted molar refractivity (Wildman–Crippen MR) is 77.9 cm³/mol. The van der Waals surface area contributed by atoms with Crippen molar-refractivity contribution in [1.29, 1.82) is 0 Å². The smallest absolute Gasteiger partial charge is 0.256 e. The van der Waals surface area contributed by atoms with Gasteiger partial charge in [-0.15, -0.1) is 0 Å². The fourth-order valence-electron chi connectivity index (χ4n) is 3.21. The fraction of sp³-hybridized carbons (Fsp3) is 0.533. The van der Waals surface area contributed by atoms with Crippen molar-refractivity contribution < 1.29 is 9.53 Å². The lowest BCUT2D eigenvalue weighted by Crippen LogP contribution is -2.52. The molecule has 0 aromatic heterocycles. The molecule has 5 heteroatoms. The molecule has 0 bridgehead atoms. The number of amides is 1. The van der Waals surface area contributed by atoms with Crippen LogP contribution in [0.3, 0.4) is 0 Å². The lowest BCUT2D eigenvalue weighted by Gasteiger charge is -2.37. The second-order valence-electron chi connectivity index (χ2n) is 5.54. The lowest BCUT2D eigenvalue weighted by molar-refractivity contribution is 0.0572. The average Bonchev–Trinajstić information content (AvgIpc) is 2.93. The number of ether oxygens (including phenoxy) is 1. The van der Waals surface area contributed by atoms with E-state index in [1.54, 1.807) is 25.3 Å². The summed E-state index contributed by atoms with van der Waals surface area (Å²) in [7, 11) is 1.59. The summed E-state index contributed by atoms with van der Waals surface area (Å²) in [6.45, 7) is 3.77. The molecule has 1 unspecified atom stereocenters. The third-order valence-corrected chi connectivity index (χ3v) is 4.36. The molecule has 2 fully saturated rings. The summed E-state index contributed by atoms with van der Waals surface area (Å²) >= 11 is 0. The van der Waals surface area contributed by atoms with E-state index < -0.39 is 0 Å². The van der Waals surface area contributed by atoms with E-state index in [2.05, 4.69) is 4.90 Å². The highest BCUT2D eigenvalue weighted by Crippen LogP contribution is 2.25. The van der Waals surface area contributed by atoms with Crippen molar-refractivity contribution in [3.05, 3.63) is 23.8 Å². The summed E-state index contributed by atoms with van der Waals surface area (Å²) in [5.41, 5.74) is 7.04. The number of methoxy groups -OCH3 is 1. The van der Waals surface area contributed by atoms with Crippen LogP contribution in [0.2, 0.25) is 0 Å². The van der Waals surface area contributed by atoms with Crippen LogP contribution in [0, 0.1) is 0 Å². The number of hydrogen-bond donors (Lipinski definition) is 1. The Balaban J connectivity index is 1.75. The van der Waals surface area contributed by atoms with Gasteiger partial charge in [-0.05, 0) is 31.5 Å². The molecule has 108 valence electrons. The first kappa shape index (κ1) is 13.2. The number of carbonyl (C=O) groups is 1. The molecule has 1 aromatic carbocycles. The van der Waals surface area contributed by atoms with Crippen LogP contribution in [0.1, 0.15) is 23.2 Å². The van der Waals surface area contributed by atoms with Crippen LogP contribution in [0.15, 0.2) is 18.2 Å². The Labute approximate surface area is 119 Å². The normalized spacial score (nSPS) is 22.6. The van der Waals surface area contributed by atoms with E-state index in [1.165, 1.54) is 19.4 Å².